The summed E-state index contributed by atoms with van der Waals surface area (Å²) in [6.45, 7) is 1.94. The van der Waals surface area contributed by atoms with Gasteiger partial charge in [-0.25, -0.2) is 0 Å². The number of amides is 2. The minimum atomic E-state index is -0.334. The molecule has 6 heteroatoms. The Balaban J connectivity index is 2.17. The number of nitrogens with one attached hydrogen (secondary N) is 2. The van der Waals surface area contributed by atoms with Gasteiger partial charge in [-0.05, 0) is 43.0 Å². The summed E-state index contributed by atoms with van der Waals surface area (Å²) in [5, 5.41) is 2.95. The molecule has 0 radical (unpaired) electrons. The Morgan fingerprint density at radius 3 is 2.79 bits per heavy atom. The number of carbonyl (C=O) groups excluding carboxylic acids is 2. The normalized spacial score (nSPS) is 17.5. The van der Waals surface area contributed by atoms with Crippen molar-refractivity contribution >= 4 is 55.8 Å². The fraction of sp³-hybridized carbons (Fsp3) is 0.0769. The third-order valence-electron chi connectivity index (χ3n) is 2.92. The van der Waals surface area contributed by atoms with Gasteiger partial charge in [0.15, 0.2) is 0 Å². The predicted molar refractivity (Wildman–Crippen MR) is 79.8 cm³/mol. The number of aromatic amines is 1. The summed E-state index contributed by atoms with van der Waals surface area (Å²) in [6.07, 6.45) is 1.76. The molecule has 2 aromatic rings. The molecule has 96 valence electrons. The molecule has 1 fully saturated rings. The molecule has 0 saturated carbocycles. The van der Waals surface area contributed by atoms with Crippen LogP contribution in [0.5, 0.6) is 0 Å². The molecule has 0 atom stereocenters. The molecule has 3 rings (SSSR count). The number of halogens is 1. The number of aryl methyl sites for hydroxylation is 1. The standard InChI is InChI=1S/C13H9BrN2O2S/c1-6-8(5-11-12(17)16-13(18)19-11)9-4-7(14)2-3-10(9)15-6/h2-5,15H,1H3,(H,16,17,18). The van der Waals surface area contributed by atoms with Crippen molar-refractivity contribution < 1.29 is 9.59 Å². The molecule has 2 N–H and O–H groups in total. The third kappa shape index (κ3) is 2.21. The van der Waals surface area contributed by atoms with E-state index in [4.69, 9.17) is 0 Å². The number of hydrogen-bond acceptors (Lipinski definition) is 3. The fourth-order valence-corrected chi connectivity index (χ4v) is 3.08. The molecule has 2 amide bonds. The molecule has 1 aromatic carbocycles. The van der Waals surface area contributed by atoms with Crippen LogP contribution in [0.2, 0.25) is 0 Å². The van der Waals surface area contributed by atoms with Gasteiger partial charge in [-0.1, -0.05) is 15.9 Å². The van der Waals surface area contributed by atoms with E-state index < -0.39 is 0 Å². The molecule has 0 spiro atoms. The number of hydrogen-bond donors (Lipinski definition) is 2. The van der Waals surface area contributed by atoms with Crippen LogP contribution in [-0.4, -0.2) is 16.1 Å². The van der Waals surface area contributed by atoms with Crippen LogP contribution in [0.4, 0.5) is 4.79 Å². The van der Waals surface area contributed by atoms with Gasteiger partial charge in [-0.2, -0.15) is 0 Å². The summed E-state index contributed by atoms with van der Waals surface area (Å²) < 4.78 is 0.971. The van der Waals surface area contributed by atoms with Gasteiger partial charge in [-0.3, -0.25) is 14.9 Å². The second-order valence-electron chi connectivity index (χ2n) is 4.21. The quantitative estimate of drug-likeness (QED) is 0.782. The molecular formula is C13H9BrN2O2S. The lowest BCUT2D eigenvalue weighted by atomic mass is 10.1. The van der Waals surface area contributed by atoms with Gasteiger partial charge in [0.25, 0.3) is 11.1 Å². The summed E-state index contributed by atoms with van der Waals surface area (Å²) >= 11 is 4.37. The van der Waals surface area contributed by atoms with Crippen LogP contribution in [-0.2, 0) is 4.79 Å². The molecular weight excluding hydrogens is 328 g/mol. The summed E-state index contributed by atoms with van der Waals surface area (Å²) in [7, 11) is 0. The van der Waals surface area contributed by atoms with E-state index in [2.05, 4.69) is 26.2 Å². The van der Waals surface area contributed by atoms with Crippen LogP contribution in [0.3, 0.4) is 0 Å². The first-order valence-corrected chi connectivity index (χ1v) is 7.18. The third-order valence-corrected chi connectivity index (χ3v) is 4.22. The second kappa shape index (κ2) is 4.54. The van der Waals surface area contributed by atoms with Crippen LogP contribution in [0.15, 0.2) is 27.6 Å². The number of carbonyl (C=O) groups is 2. The highest BCUT2D eigenvalue weighted by atomic mass is 79.9. The molecule has 2 heterocycles. The SMILES string of the molecule is Cc1[nH]c2ccc(Br)cc2c1C=C1SC(=O)NC1=O. The summed E-state index contributed by atoms with van der Waals surface area (Å²) in [6, 6.07) is 5.92. The molecule has 1 aromatic heterocycles. The summed E-state index contributed by atoms with van der Waals surface area (Å²) in [4.78, 5) is 26.4. The minimum Gasteiger partial charge on any atom is -0.358 e. The molecule has 0 unspecified atom stereocenters. The number of H-pyrrole nitrogens is 1. The van der Waals surface area contributed by atoms with Gasteiger partial charge in [0, 0.05) is 26.6 Å². The van der Waals surface area contributed by atoms with Crippen LogP contribution < -0.4 is 5.32 Å². The van der Waals surface area contributed by atoms with Crippen LogP contribution >= 0.6 is 27.7 Å². The number of imide groups is 1. The molecule has 1 aliphatic rings. The molecule has 0 bridgehead atoms. The lowest BCUT2D eigenvalue weighted by Crippen LogP contribution is -2.17. The van der Waals surface area contributed by atoms with Crippen molar-refractivity contribution in [1.82, 2.24) is 10.3 Å². The fourth-order valence-electron chi connectivity index (χ4n) is 2.06. The highest BCUT2D eigenvalue weighted by Crippen LogP contribution is 2.31. The minimum absolute atomic E-state index is 0.324. The second-order valence-corrected chi connectivity index (χ2v) is 6.14. The van der Waals surface area contributed by atoms with Gasteiger partial charge in [0.05, 0.1) is 4.91 Å². The zero-order valence-electron chi connectivity index (χ0n) is 9.91. The molecule has 0 aliphatic carbocycles. The Hall–Kier alpha value is -1.53. The van der Waals surface area contributed by atoms with Crippen LogP contribution in [0.25, 0.3) is 17.0 Å². The lowest BCUT2D eigenvalue weighted by Gasteiger charge is -1.96. The number of fused-ring (bicyclic) bond motifs is 1. The van der Waals surface area contributed by atoms with Crippen molar-refractivity contribution in [2.45, 2.75) is 6.92 Å². The van der Waals surface area contributed by atoms with E-state index >= 15 is 0 Å². The van der Waals surface area contributed by atoms with Crippen LogP contribution in [0.1, 0.15) is 11.3 Å². The van der Waals surface area contributed by atoms with E-state index in [1.807, 2.05) is 25.1 Å². The van der Waals surface area contributed by atoms with E-state index in [9.17, 15) is 9.59 Å². The Bertz CT molecular complexity index is 748. The van der Waals surface area contributed by atoms with Crippen molar-refractivity contribution in [3.8, 4) is 0 Å². The van der Waals surface area contributed by atoms with Gasteiger partial charge in [0.2, 0.25) is 0 Å². The van der Waals surface area contributed by atoms with Gasteiger partial charge in [-0.15, -0.1) is 0 Å². The lowest BCUT2D eigenvalue weighted by molar-refractivity contribution is -0.115. The maximum absolute atomic E-state index is 11.6. The monoisotopic (exact) mass is 336 g/mol. The number of thioether (sulfide) groups is 1. The smallest absolute Gasteiger partial charge is 0.290 e. The molecule has 19 heavy (non-hydrogen) atoms. The first-order valence-electron chi connectivity index (χ1n) is 5.57. The molecule has 4 nitrogen and oxygen atoms in total. The first kappa shape index (κ1) is 12.5. The molecule has 1 saturated heterocycles. The first-order chi connectivity index (χ1) is 9.04. The van der Waals surface area contributed by atoms with Crippen molar-refractivity contribution in [2.75, 3.05) is 0 Å². The maximum Gasteiger partial charge on any atom is 0.290 e. The maximum atomic E-state index is 11.6. The van der Waals surface area contributed by atoms with Gasteiger partial charge < -0.3 is 4.98 Å². The van der Waals surface area contributed by atoms with E-state index in [1.165, 1.54) is 0 Å². The summed E-state index contributed by atoms with van der Waals surface area (Å²) in [5.74, 6) is -0.334. The predicted octanol–water partition coefficient (Wildman–Crippen LogP) is 3.56. The van der Waals surface area contributed by atoms with Gasteiger partial charge in [0.1, 0.15) is 0 Å². The average Bonchev–Trinajstić information content (AvgIpc) is 2.81. The Morgan fingerprint density at radius 2 is 2.11 bits per heavy atom. The zero-order valence-corrected chi connectivity index (χ0v) is 12.3. The van der Waals surface area contributed by atoms with Crippen molar-refractivity contribution in [1.29, 1.82) is 0 Å². The topological polar surface area (TPSA) is 62.0 Å². The summed E-state index contributed by atoms with van der Waals surface area (Å²) in [5.41, 5.74) is 2.90. The Kier molecular flexibility index (Phi) is 2.99. The van der Waals surface area contributed by atoms with Crippen molar-refractivity contribution in [3.05, 3.63) is 38.8 Å². The zero-order chi connectivity index (χ0) is 13.6. The molecule has 1 aliphatic heterocycles. The van der Waals surface area contributed by atoms with Crippen molar-refractivity contribution in [3.63, 3.8) is 0 Å². The van der Waals surface area contributed by atoms with Crippen molar-refractivity contribution in [2.24, 2.45) is 0 Å². The highest BCUT2D eigenvalue weighted by Gasteiger charge is 2.25. The highest BCUT2D eigenvalue weighted by molar-refractivity contribution is 9.10. The largest absolute Gasteiger partial charge is 0.358 e. The number of aromatic nitrogens is 1. The van der Waals surface area contributed by atoms with E-state index in [0.717, 1.165) is 38.4 Å². The Labute approximate surface area is 121 Å². The van der Waals surface area contributed by atoms with E-state index in [1.54, 1.807) is 6.08 Å². The average molecular weight is 337 g/mol. The van der Waals surface area contributed by atoms with Crippen LogP contribution in [0, 0.1) is 6.92 Å². The van der Waals surface area contributed by atoms with Gasteiger partial charge >= 0.3 is 0 Å². The van der Waals surface area contributed by atoms with E-state index in [0.29, 0.717) is 4.91 Å². The number of benzene rings is 1. The van der Waals surface area contributed by atoms with E-state index in [-0.39, 0.29) is 11.1 Å². The Morgan fingerprint density at radius 1 is 1.32 bits per heavy atom. The number of rotatable bonds is 1.